The minimum atomic E-state index is -0.617. The first-order valence-corrected chi connectivity index (χ1v) is 12.0. The molecule has 3 aromatic heterocycles. The number of likely N-dealkylation sites (tertiary alicyclic amines) is 2. The van der Waals surface area contributed by atoms with Crippen LogP contribution in [0, 0.1) is 18.8 Å². The molecule has 2 aliphatic rings. The molecule has 4 aromatic rings. The van der Waals surface area contributed by atoms with E-state index in [-0.39, 0.29) is 23.3 Å². The van der Waals surface area contributed by atoms with Crippen molar-refractivity contribution in [3.8, 4) is 11.6 Å². The number of H-pyrrole nitrogens is 1. The number of hydrogen-bond acceptors (Lipinski definition) is 7. The van der Waals surface area contributed by atoms with Gasteiger partial charge in [0, 0.05) is 49.8 Å². The standard InChI is InChI=1S/C26H25N7O4/c1-15-29-14-33(30-15)24-22-21(20(37-2)9-28-24)19(8-27-22)23(34)26(36)32-12-17-10-31(11-18(17)13-32)25(35)16-6-4-3-5-7-16/h3-9,14,17-18,27H,10-13H2,1-2H3/t17-,18+. The largest absolute Gasteiger partial charge is 0.494 e. The maximum absolute atomic E-state index is 13.4. The molecule has 2 saturated heterocycles. The second-order valence-electron chi connectivity index (χ2n) is 9.47. The highest BCUT2D eigenvalue weighted by Gasteiger charge is 2.44. The zero-order valence-corrected chi connectivity index (χ0v) is 20.4. The first kappa shape index (κ1) is 22.9. The summed E-state index contributed by atoms with van der Waals surface area (Å²) in [5, 5.41) is 4.77. The Morgan fingerprint density at radius 1 is 1.00 bits per heavy atom. The number of nitrogens with one attached hydrogen (secondary N) is 1. The molecule has 2 aliphatic heterocycles. The predicted molar refractivity (Wildman–Crippen MR) is 133 cm³/mol. The fourth-order valence-electron chi connectivity index (χ4n) is 5.41. The average molecular weight is 500 g/mol. The number of fused-ring (bicyclic) bond motifs is 2. The Kier molecular flexibility index (Phi) is 5.47. The number of aryl methyl sites for hydroxylation is 1. The zero-order valence-electron chi connectivity index (χ0n) is 20.4. The molecule has 5 heterocycles. The van der Waals surface area contributed by atoms with Crippen LogP contribution in [0.3, 0.4) is 0 Å². The number of aromatic amines is 1. The molecule has 11 heteroatoms. The Morgan fingerprint density at radius 2 is 1.70 bits per heavy atom. The summed E-state index contributed by atoms with van der Waals surface area (Å²) >= 11 is 0. The number of hydrogen-bond donors (Lipinski definition) is 1. The zero-order chi connectivity index (χ0) is 25.7. The minimum Gasteiger partial charge on any atom is -0.494 e. The normalized spacial score (nSPS) is 18.9. The van der Waals surface area contributed by atoms with Crippen LogP contribution < -0.4 is 4.74 Å². The average Bonchev–Trinajstić information content (AvgIpc) is 3.70. The van der Waals surface area contributed by atoms with Crippen LogP contribution in [0.4, 0.5) is 0 Å². The van der Waals surface area contributed by atoms with Gasteiger partial charge in [-0.05, 0) is 19.1 Å². The molecule has 2 fully saturated rings. The third-order valence-electron chi connectivity index (χ3n) is 7.22. The van der Waals surface area contributed by atoms with Crippen molar-refractivity contribution in [2.75, 3.05) is 33.3 Å². The molecule has 1 N–H and O–H groups in total. The van der Waals surface area contributed by atoms with Crippen molar-refractivity contribution in [1.29, 1.82) is 0 Å². The van der Waals surface area contributed by atoms with E-state index in [0.717, 1.165) is 0 Å². The Hall–Kier alpha value is -4.54. The summed E-state index contributed by atoms with van der Waals surface area (Å²) in [5.41, 5.74) is 1.40. The van der Waals surface area contributed by atoms with Crippen LogP contribution in [-0.4, -0.2) is 85.4 Å². The van der Waals surface area contributed by atoms with E-state index in [4.69, 9.17) is 4.74 Å². The number of carbonyl (C=O) groups excluding carboxylic acids is 3. The van der Waals surface area contributed by atoms with Gasteiger partial charge in [-0.15, -0.1) is 0 Å². The lowest BCUT2D eigenvalue weighted by atomic mass is 10.0. The van der Waals surface area contributed by atoms with Crippen LogP contribution in [-0.2, 0) is 4.79 Å². The number of ketones is 1. The maximum atomic E-state index is 13.4. The minimum absolute atomic E-state index is 0.00169. The number of pyridine rings is 1. The quantitative estimate of drug-likeness (QED) is 0.328. The van der Waals surface area contributed by atoms with Crippen molar-refractivity contribution in [3.63, 3.8) is 0 Å². The molecule has 2 amide bonds. The second-order valence-corrected chi connectivity index (χ2v) is 9.47. The highest BCUT2D eigenvalue weighted by Crippen LogP contribution is 2.34. The number of rotatable bonds is 5. The van der Waals surface area contributed by atoms with Gasteiger partial charge in [0.15, 0.2) is 5.82 Å². The van der Waals surface area contributed by atoms with Crippen molar-refractivity contribution in [1.82, 2.24) is 34.5 Å². The first-order chi connectivity index (χ1) is 17.9. The SMILES string of the molecule is COc1cnc(-n2cnc(C)n2)c2[nH]cc(C(=O)C(=O)N3C[C@@H]4CN(C(=O)c5ccccc5)C[C@@H]4C3)c12. The molecule has 1 aromatic carbocycles. The molecular formula is C26H25N7O4. The van der Waals surface area contributed by atoms with Gasteiger partial charge >= 0.3 is 0 Å². The molecule has 0 saturated carbocycles. The smallest absolute Gasteiger partial charge is 0.295 e. The number of aromatic nitrogens is 5. The van der Waals surface area contributed by atoms with E-state index in [9.17, 15) is 14.4 Å². The molecule has 0 aliphatic carbocycles. The van der Waals surface area contributed by atoms with Crippen molar-refractivity contribution in [3.05, 3.63) is 66.0 Å². The molecule has 37 heavy (non-hydrogen) atoms. The Bertz CT molecular complexity index is 1510. The summed E-state index contributed by atoms with van der Waals surface area (Å²) in [7, 11) is 1.49. The summed E-state index contributed by atoms with van der Waals surface area (Å²) in [6.45, 7) is 3.80. The Balaban J connectivity index is 1.21. The lowest BCUT2D eigenvalue weighted by Crippen LogP contribution is -2.38. The molecule has 0 spiro atoms. The molecule has 188 valence electrons. The number of carbonyl (C=O) groups is 3. The monoisotopic (exact) mass is 499 g/mol. The summed E-state index contributed by atoms with van der Waals surface area (Å²) in [6.07, 6.45) is 4.55. The highest BCUT2D eigenvalue weighted by molar-refractivity contribution is 6.45. The van der Waals surface area contributed by atoms with E-state index < -0.39 is 11.7 Å². The molecular weight excluding hydrogens is 474 g/mol. The van der Waals surface area contributed by atoms with E-state index in [2.05, 4.69) is 20.1 Å². The molecule has 0 unspecified atom stereocenters. The van der Waals surface area contributed by atoms with Crippen molar-refractivity contribution in [2.24, 2.45) is 11.8 Å². The van der Waals surface area contributed by atoms with Crippen LogP contribution >= 0.6 is 0 Å². The van der Waals surface area contributed by atoms with Gasteiger partial charge in [0.25, 0.3) is 17.6 Å². The lowest BCUT2D eigenvalue weighted by Gasteiger charge is -2.21. The number of Topliss-reactive ketones (excluding diaryl/α,β-unsaturated/α-hetero) is 1. The van der Waals surface area contributed by atoms with Gasteiger partial charge in [0.05, 0.1) is 29.8 Å². The van der Waals surface area contributed by atoms with Gasteiger partial charge in [-0.25, -0.2) is 14.6 Å². The van der Waals surface area contributed by atoms with Crippen LogP contribution in [0.25, 0.3) is 16.7 Å². The maximum Gasteiger partial charge on any atom is 0.295 e. The van der Waals surface area contributed by atoms with Crippen molar-refractivity contribution in [2.45, 2.75) is 6.92 Å². The second kappa shape index (κ2) is 8.84. The van der Waals surface area contributed by atoms with E-state index in [0.29, 0.717) is 60.0 Å². The van der Waals surface area contributed by atoms with Crippen LogP contribution in [0.5, 0.6) is 5.75 Å². The third kappa shape index (κ3) is 3.83. The van der Waals surface area contributed by atoms with Crippen molar-refractivity contribution >= 4 is 28.5 Å². The Morgan fingerprint density at radius 3 is 2.35 bits per heavy atom. The van der Waals surface area contributed by atoms with E-state index >= 15 is 0 Å². The van der Waals surface area contributed by atoms with E-state index in [1.54, 1.807) is 11.8 Å². The number of ether oxygens (including phenoxy) is 1. The summed E-state index contributed by atoms with van der Waals surface area (Å²) in [4.78, 5) is 54.6. The van der Waals surface area contributed by atoms with Gasteiger partial charge in [-0.3, -0.25) is 14.4 Å². The van der Waals surface area contributed by atoms with Gasteiger partial charge in [0.2, 0.25) is 0 Å². The Labute approximate surface area is 212 Å². The number of methoxy groups -OCH3 is 1. The first-order valence-electron chi connectivity index (χ1n) is 12.0. The van der Waals surface area contributed by atoms with Crippen LogP contribution in [0.2, 0.25) is 0 Å². The molecule has 0 radical (unpaired) electrons. The molecule has 0 bridgehead atoms. The van der Waals surface area contributed by atoms with E-state index in [1.807, 2.05) is 35.2 Å². The van der Waals surface area contributed by atoms with Gasteiger partial charge in [-0.1, -0.05) is 18.2 Å². The summed E-state index contributed by atoms with van der Waals surface area (Å²) in [6, 6.07) is 9.20. The predicted octanol–water partition coefficient (Wildman–Crippen LogP) is 1.87. The van der Waals surface area contributed by atoms with Gasteiger partial charge in [0.1, 0.15) is 17.9 Å². The van der Waals surface area contributed by atoms with Crippen molar-refractivity contribution < 1.29 is 19.1 Å². The van der Waals surface area contributed by atoms with Crippen LogP contribution in [0.1, 0.15) is 26.5 Å². The lowest BCUT2D eigenvalue weighted by molar-refractivity contribution is -0.125. The van der Waals surface area contributed by atoms with Gasteiger partial charge in [-0.2, -0.15) is 5.10 Å². The highest BCUT2D eigenvalue weighted by atomic mass is 16.5. The summed E-state index contributed by atoms with van der Waals surface area (Å²) < 4.78 is 6.97. The molecule has 6 rings (SSSR count). The fourth-order valence-corrected chi connectivity index (χ4v) is 5.41. The summed E-state index contributed by atoms with van der Waals surface area (Å²) in [5.74, 6) is 0.515. The third-order valence-corrected chi connectivity index (χ3v) is 7.22. The fraction of sp³-hybridized carbons (Fsp3) is 0.308. The number of benzene rings is 1. The van der Waals surface area contributed by atoms with Crippen LogP contribution in [0.15, 0.2) is 49.1 Å². The molecule has 2 atom stereocenters. The number of amides is 2. The topological polar surface area (TPSA) is 126 Å². The molecule has 11 nitrogen and oxygen atoms in total. The van der Waals surface area contributed by atoms with Gasteiger partial charge < -0.3 is 19.5 Å². The van der Waals surface area contributed by atoms with E-state index in [1.165, 1.54) is 30.5 Å². The number of nitrogens with zero attached hydrogens (tertiary/aromatic N) is 6.